The highest BCUT2D eigenvalue weighted by atomic mass is 19.3. The van der Waals surface area contributed by atoms with Crippen molar-refractivity contribution >= 4 is 22.9 Å². The van der Waals surface area contributed by atoms with E-state index in [9.17, 15) is 22.4 Å². The van der Waals surface area contributed by atoms with E-state index in [0.29, 0.717) is 11.0 Å². The van der Waals surface area contributed by atoms with Crippen LogP contribution < -0.4 is 5.32 Å². The van der Waals surface area contributed by atoms with Crippen LogP contribution in [0, 0.1) is 0 Å². The molecule has 2 rings (SSSR count). The third kappa shape index (κ3) is 2.13. The molecule has 0 atom stereocenters. The third-order valence-corrected chi connectivity index (χ3v) is 2.20. The van der Waals surface area contributed by atoms with Crippen LogP contribution in [0.2, 0.25) is 0 Å². The summed E-state index contributed by atoms with van der Waals surface area (Å²) in [5.74, 6) is -7.16. The van der Waals surface area contributed by atoms with Gasteiger partial charge in [0, 0.05) is 0 Å². The largest absolute Gasteiger partial charge is 0.383 e. The number of benzene rings is 1. The summed E-state index contributed by atoms with van der Waals surface area (Å²) in [6.07, 6.45) is -4.07. The number of carbonyl (C=O) groups is 1. The first-order valence-corrected chi connectivity index (χ1v) is 4.83. The lowest BCUT2D eigenvalue weighted by molar-refractivity contribution is -0.163. The molecule has 1 amide bonds. The fourth-order valence-corrected chi connectivity index (χ4v) is 1.30. The van der Waals surface area contributed by atoms with Crippen LogP contribution in [0.1, 0.15) is 0 Å². The van der Waals surface area contributed by atoms with E-state index < -0.39 is 18.3 Å². The number of aromatic amines is 1. The molecule has 0 saturated heterocycles. The summed E-state index contributed by atoms with van der Waals surface area (Å²) in [7, 11) is 0. The van der Waals surface area contributed by atoms with Crippen LogP contribution in [-0.2, 0) is 4.79 Å². The van der Waals surface area contributed by atoms with Gasteiger partial charge in [0.1, 0.15) is 0 Å². The fourth-order valence-electron chi connectivity index (χ4n) is 1.30. The number of fused-ring (bicyclic) bond motifs is 1. The Kier molecular flexibility index (Phi) is 2.93. The predicted molar refractivity (Wildman–Crippen MR) is 55.7 cm³/mol. The molecule has 1 aromatic carbocycles. The Labute approximate surface area is 98.0 Å². The van der Waals surface area contributed by atoms with Crippen molar-refractivity contribution < 1.29 is 22.4 Å². The maximum absolute atomic E-state index is 12.7. The second-order valence-electron chi connectivity index (χ2n) is 3.48. The Bertz CT molecular complexity index is 548. The number of nitrogens with zero attached hydrogens (tertiary/aromatic N) is 1. The van der Waals surface area contributed by atoms with Crippen LogP contribution in [0.3, 0.4) is 0 Å². The number of alkyl halides is 4. The molecule has 0 radical (unpaired) electrons. The highest BCUT2D eigenvalue weighted by Crippen LogP contribution is 2.24. The molecule has 0 aliphatic heterocycles. The van der Waals surface area contributed by atoms with Crippen LogP contribution in [0.5, 0.6) is 0 Å². The first-order chi connectivity index (χ1) is 8.41. The SMILES string of the molecule is O=C(Nc1nc2ccccc2[nH]1)C(F)(F)C(F)F. The average Bonchev–Trinajstić information content (AvgIpc) is 2.70. The van der Waals surface area contributed by atoms with Crippen molar-refractivity contribution in [3.05, 3.63) is 24.3 Å². The van der Waals surface area contributed by atoms with Gasteiger partial charge in [-0.15, -0.1) is 0 Å². The van der Waals surface area contributed by atoms with E-state index in [2.05, 4.69) is 9.97 Å². The summed E-state index contributed by atoms with van der Waals surface area (Å²) >= 11 is 0. The molecular formula is C10H7F4N3O. The Morgan fingerprint density at radius 2 is 2.00 bits per heavy atom. The van der Waals surface area contributed by atoms with Gasteiger partial charge in [0.25, 0.3) is 0 Å². The van der Waals surface area contributed by atoms with Gasteiger partial charge in [0.15, 0.2) is 0 Å². The highest BCUT2D eigenvalue weighted by Gasteiger charge is 2.49. The Morgan fingerprint density at radius 3 is 2.61 bits per heavy atom. The van der Waals surface area contributed by atoms with Gasteiger partial charge < -0.3 is 4.98 Å². The second-order valence-corrected chi connectivity index (χ2v) is 3.48. The van der Waals surface area contributed by atoms with Crippen LogP contribution in [0.15, 0.2) is 24.3 Å². The number of imidazole rings is 1. The summed E-state index contributed by atoms with van der Waals surface area (Å²) < 4.78 is 49.2. The number of hydrogen-bond donors (Lipinski definition) is 2. The van der Waals surface area contributed by atoms with Crippen LogP contribution >= 0.6 is 0 Å². The van der Waals surface area contributed by atoms with Crippen molar-refractivity contribution in [1.29, 1.82) is 0 Å². The van der Waals surface area contributed by atoms with Crippen molar-refractivity contribution in [1.82, 2.24) is 9.97 Å². The maximum atomic E-state index is 12.7. The molecule has 0 fully saturated rings. The molecule has 18 heavy (non-hydrogen) atoms. The fraction of sp³-hybridized carbons (Fsp3) is 0.200. The molecule has 1 heterocycles. The van der Waals surface area contributed by atoms with Gasteiger partial charge in [-0.25, -0.2) is 13.8 Å². The van der Waals surface area contributed by atoms with E-state index in [-0.39, 0.29) is 5.95 Å². The Morgan fingerprint density at radius 1 is 1.33 bits per heavy atom. The zero-order valence-corrected chi connectivity index (χ0v) is 8.75. The van der Waals surface area contributed by atoms with Gasteiger partial charge in [0.05, 0.1) is 11.0 Å². The van der Waals surface area contributed by atoms with Gasteiger partial charge in [-0.2, -0.15) is 8.78 Å². The van der Waals surface area contributed by atoms with Gasteiger partial charge in [-0.3, -0.25) is 10.1 Å². The number of anilines is 1. The third-order valence-electron chi connectivity index (χ3n) is 2.20. The van der Waals surface area contributed by atoms with Gasteiger partial charge in [-0.05, 0) is 12.1 Å². The zero-order chi connectivity index (χ0) is 13.3. The van der Waals surface area contributed by atoms with E-state index in [1.807, 2.05) is 0 Å². The van der Waals surface area contributed by atoms with Gasteiger partial charge >= 0.3 is 18.3 Å². The quantitative estimate of drug-likeness (QED) is 0.833. The van der Waals surface area contributed by atoms with Gasteiger partial charge in [-0.1, -0.05) is 12.1 Å². The number of H-pyrrole nitrogens is 1. The number of hydrogen-bond acceptors (Lipinski definition) is 2. The maximum Gasteiger partial charge on any atom is 0.383 e. The molecule has 96 valence electrons. The molecule has 2 N–H and O–H groups in total. The lowest BCUT2D eigenvalue weighted by Crippen LogP contribution is -2.41. The molecule has 0 aliphatic rings. The Balaban J connectivity index is 2.21. The lowest BCUT2D eigenvalue weighted by Gasteiger charge is -2.13. The van der Waals surface area contributed by atoms with Crippen LogP contribution in [0.25, 0.3) is 11.0 Å². The summed E-state index contributed by atoms with van der Waals surface area (Å²) in [6, 6.07) is 6.50. The van der Waals surface area contributed by atoms with Crippen molar-refractivity contribution in [2.45, 2.75) is 12.3 Å². The van der Waals surface area contributed by atoms with Crippen molar-refractivity contribution in [3.8, 4) is 0 Å². The van der Waals surface area contributed by atoms with Gasteiger partial charge in [0.2, 0.25) is 5.95 Å². The monoisotopic (exact) mass is 261 g/mol. The topological polar surface area (TPSA) is 57.8 Å². The first-order valence-electron chi connectivity index (χ1n) is 4.83. The lowest BCUT2D eigenvalue weighted by atomic mass is 10.3. The molecule has 0 bridgehead atoms. The second kappa shape index (κ2) is 4.28. The van der Waals surface area contributed by atoms with E-state index in [1.165, 1.54) is 0 Å². The number of amides is 1. The average molecular weight is 261 g/mol. The normalized spacial score (nSPS) is 12.1. The molecule has 2 aromatic rings. The summed E-state index contributed by atoms with van der Waals surface area (Å²) in [6.45, 7) is 0. The number of halogens is 4. The summed E-state index contributed by atoms with van der Waals surface area (Å²) in [5.41, 5.74) is 0.918. The number of para-hydroxylation sites is 2. The van der Waals surface area contributed by atoms with Crippen LogP contribution in [0.4, 0.5) is 23.5 Å². The van der Waals surface area contributed by atoms with Crippen molar-refractivity contribution in [3.63, 3.8) is 0 Å². The molecule has 0 aliphatic carbocycles. The zero-order valence-electron chi connectivity index (χ0n) is 8.75. The highest BCUT2D eigenvalue weighted by molar-refractivity contribution is 5.96. The van der Waals surface area contributed by atoms with E-state index in [4.69, 9.17) is 0 Å². The number of carbonyl (C=O) groups excluding carboxylic acids is 1. The minimum atomic E-state index is -4.75. The van der Waals surface area contributed by atoms with Crippen LogP contribution in [-0.4, -0.2) is 28.2 Å². The predicted octanol–water partition coefficient (Wildman–Crippen LogP) is 2.40. The van der Waals surface area contributed by atoms with E-state index in [0.717, 1.165) is 0 Å². The van der Waals surface area contributed by atoms with E-state index in [1.54, 1.807) is 29.6 Å². The molecular weight excluding hydrogens is 254 g/mol. The minimum absolute atomic E-state index is 0.304. The molecule has 0 unspecified atom stereocenters. The van der Waals surface area contributed by atoms with Crippen molar-refractivity contribution in [2.75, 3.05) is 5.32 Å². The van der Waals surface area contributed by atoms with Crippen molar-refractivity contribution in [2.24, 2.45) is 0 Å². The minimum Gasteiger partial charge on any atom is -0.324 e. The smallest absolute Gasteiger partial charge is 0.324 e. The molecule has 0 spiro atoms. The molecule has 1 aromatic heterocycles. The number of aromatic nitrogens is 2. The number of rotatable bonds is 3. The summed E-state index contributed by atoms with van der Waals surface area (Å²) in [4.78, 5) is 17.2. The van der Waals surface area contributed by atoms with E-state index >= 15 is 0 Å². The number of nitrogens with one attached hydrogen (secondary N) is 2. The first kappa shape index (κ1) is 12.3. The molecule has 4 nitrogen and oxygen atoms in total. The Hall–Kier alpha value is -2.12. The molecule has 0 saturated carbocycles. The standard InChI is InChI=1S/C10H7F4N3O/c11-7(12)10(13,14)8(18)17-9-15-5-3-1-2-4-6(5)16-9/h1-4,7H,(H2,15,16,17,18). The molecule has 8 heteroatoms. The summed E-state index contributed by atoms with van der Waals surface area (Å²) in [5, 5.41) is 1.62.